The van der Waals surface area contributed by atoms with Gasteiger partial charge in [-0.15, -0.1) is 0 Å². The lowest BCUT2D eigenvalue weighted by atomic mass is 9.86. The molecule has 3 heteroatoms. The molecule has 3 atom stereocenters. The second-order valence-corrected chi connectivity index (χ2v) is 7.24. The van der Waals surface area contributed by atoms with Crippen molar-refractivity contribution in [1.29, 1.82) is 0 Å². The molecule has 1 amide bonds. The van der Waals surface area contributed by atoms with Crippen LogP contribution in [0.4, 0.5) is 0 Å². The van der Waals surface area contributed by atoms with E-state index < -0.39 is 0 Å². The molecule has 0 aromatic heterocycles. The Morgan fingerprint density at radius 2 is 1.90 bits per heavy atom. The Morgan fingerprint density at radius 3 is 2.38 bits per heavy atom. The molecular formula is C18H28N2O. The van der Waals surface area contributed by atoms with Gasteiger partial charge in [0.15, 0.2) is 0 Å². The van der Waals surface area contributed by atoms with Crippen molar-refractivity contribution in [3.05, 3.63) is 35.4 Å². The van der Waals surface area contributed by atoms with Crippen LogP contribution >= 0.6 is 0 Å². The Labute approximate surface area is 128 Å². The van der Waals surface area contributed by atoms with Gasteiger partial charge in [-0.05, 0) is 43.4 Å². The van der Waals surface area contributed by atoms with Gasteiger partial charge in [0.05, 0.1) is 12.0 Å². The third-order valence-corrected chi connectivity index (χ3v) is 4.50. The number of nitrogens with one attached hydrogen (secondary N) is 2. The molecule has 0 bridgehead atoms. The number of carbonyl (C=O) groups excluding carboxylic acids is 1. The highest BCUT2D eigenvalue weighted by Crippen LogP contribution is 2.24. The monoisotopic (exact) mass is 288 g/mol. The van der Waals surface area contributed by atoms with Crippen LogP contribution in [0.25, 0.3) is 0 Å². The molecule has 2 N–H and O–H groups in total. The molecule has 21 heavy (non-hydrogen) atoms. The predicted molar refractivity (Wildman–Crippen MR) is 87.3 cm³/mol. The van der Waals surface area contributed by atoms with Gasteiger partial charge in [0, 0.05) is 6.04 Å². The molecule has 0 saturated carbocycles. The zero-order valence-corrected chi connectivity index (χ0v) is 13.9. The molecule has 1 heterocycles. The predicted octanol–water partition coefficient (Wildman–Crippen LogP) is 3.16. The Bertz CT molecular complexity index is 487. The molecule has 1 aliphatic rings. The van der Waals surface area contributed by atoms with Crippen molar-refractivity contribution in [2.45, 2.75) is 58.5 Å². The van der Waals surface area contributed by atoms with E-state index in [1.54, 1.807) is 0 Å². The summed E-state index contributed by atoms with van der Waals surface area (Å²) in [6, 6.07) is 8.92. The van der Waals surface area contributed by atoms with Gasteiger partial charge in [-0.2, -0.15) is 0 Å². The molecule has 3 nitrogen and oxygen atoms in total. The van der Waals surface area contributed by atoms with E-state index in [0.717, 1.165) is 18.5 Å². The van der Waals surface area contributed by atoms with E-state index in [1.807, 2.05) is 0 Å². The highest BCUT2D eigenvalue weighted by Gasteiger charge is 2.30. The first kappa shape index (κ1) is 16.0. The van der Waals surface area contributed by atoms with Crippen molar-refractivity contribution < 1.29 is 4.79 Å². The second kappa shape index (κ2) is 6.18. The summed E-state index contributed by atoms with van der Waals surface area (Å²) in [5.41, 5.74) is 2.64. The van der Waals surface area contributed by atoms with Gasteiger partial charge < -0.3 is 10.6 Å². The van der Waals surface area contributed by atoms with Gasteiger partial charge in [0.2, 0.25) is 5.91 Å². The Balaban J connectivity index is 2.00. The largest absolute Gasteiger partial charge is 0.349 e. The van der Waals surface area contributed by atoms with E-state index in [4.69, 9.17) is 0 Å². The molecule has 3 unspecified atom stereocenters. The fourth-order valence-corrected chi connectivity index (χ4v) is 2.89. The van der Waals surface area contributed by atoms with Gasteiger partial charge in [-0.3, -0.25) is 4.79 Å². The first-order valence-corrected chi connectivity index (χ1v) is 7.93. The van der Waals surface area contributed by atoms with Crippen LogP contribution in [0.1, 0.15) is 58.2 Å². The fourth-order valence-electron chi connectivity index (χ4n) is 2.89. The minimum atomic E-state index is 0.0549. The zero-order chi connectivity index (χ0) is 15.6. The van der Waals surface area contributed by atoms with Crippen molar-refractivity contribution >= 4 is 5.91 Å². The lowest BCUT2D eigenvalue weighted by Crippen LogP contribution is -2.37. The highest BCUT2D eigenvalue weighted by atomic mass is 16.2. The Kier molecular flexibility index (Phi) is 4.72. The molecule has 2 rings (SSSR count). The molecule has 1 aromatic carbocycles. The van der Waals surface area contributed by atoms with Crippen LogP contribution in [0.2, 0.25) is 0 Å². The summed E-state index contributed by atoms with van der Waals surface area (Å²) >= 11 is 0. The second-order valence-electron chi connectivity index (χ2n) is 7.24. The quantitative estimate of drug-likeness (QED) is 0.897. The van der Waals surface area contributed by atoms with Gasteiger partial charge in [0.1, 0.15) is 0 Å². The number of amides is 1. The third-order valence-electron chi connectivity index (χ3n) is 4.50. The summed E-state index contributed by atoms with van der Waals surface area (Å²) < 4.78 is 0. The minimum absolute atomic E-state index is 0.0549. The number of benzene rings is 1. The molecule has 0 radical (unpaired) electrons. The van der Waals surface area contributed by atoms with E-state index in [0.29, 0.717) is 0 Å². The first-order chi connectivity index (χ1) is 9.79. The molecule has 0 spiro atoms. The zero-order valence-electron chi connectivity index (χ0n) is 13.9. The topological polar surface area (TPSA) is 41.1 Å². The molecule has 1 saturated heterocycles. The highest BCUT2D eigenvalue weighted by molar-refractivity contribution is 5.80. The fraction of sp³-hybridized carbons (Fsp3) is 0.611. The van der Waals surface area contributed by atoms with Crippen molar-refractivity contribution in [1.82, 2.24) is 10.6 Å². The normalized spacial score (nSPS) is 23.9. The van der Waals surface area contributed by atoms with Crippen molar-refractivity contribution in [2.24, 2.45) is 5.92 Å². The molecule has 1 aromatic rings. The maximum Gasteiger partial charge on any atom is 0.225 e. The summed E-state index contributed by atoms with van der Waals surface area (Å²) in [6.07, 6.45) is 0.933. The van der Waals surface area contributed by atoms with Crippen molar-refractivity contribution in [3.63, 3.8) is 0 Å². The van der Waals surface area contributed by atoms with Crippen molar-refractivity contribution in [2.75, 3.05) is 6.54 Å². The van der Waals surface area contributed by atoms with E-state index in [-0.39, 0.29) is 29.3 Å². The van der Waals surface area contributed by atoms with Crippen LogP contribution in [0.5, 0.6) is 0 Å². The molecule has 0 aliphatic carbocycles. The SMILES string of the molecule is CC(NC(=O)C1CCNC1C)c1ccc(C(C)(C)C)cc1. The van der Waals surface area contributed by atoms with E-state index in [1.165, 1.54) is 5.56 Å². The standard InChI is InChI=1S/C18H28N2O/c1-12(20-17(21)16-10-11-19-13(16)2)14-6-8-15(9-7-14)18(3,4)5/h6-9,12-13,16,19H,10-11H2,1-5H3,(H,20,21). The summed E-state index contributed by atoms with van der Waals surface area (Å²) in [5.74, 6) is 0.265. The first-order valence-electron chi connectivity index (χ1n) is 7.93. The van der Waals surface area contributed by atoms with Gasteiger partial charge >= 0.3 is 0 Å². The van der Waals surface area contributed by atoms with E-state index in [2.05, 4.69) is 69.5 Å². The summed E-state index contributed by atoms with van der Waals surface area (Å²) in [4.78, 5) is 12.3. The van der Waals surface area contributed by atoms with Crippen molar-refractivity contribution in [3.8, 4) is 0 Å². The average molecular weight is 288 g/mol. The number of carbonyl (C=O) groups is 1. The van der Waals surface area contributed by atoms with Crippen LogP contribution in [0.15, 0.2) is 24.3 Å². The molecule has 116 valence electrons. The lowest BCUT2D eigenvalue weighted by Gasteiger charge is -2.22. The van der Waals surface area contributed by atoms with Crippen LogP contribution in [-0.4, -0.2) is 18.5 Å². The third kappa shape index (κ3) is 3.85. The van der Waals surface area contributed by atoms with Crippen LogP contribution in [-0.2, 0) is 10.2 Å². The molecule has 1 fully saturated rings. The van der Waals surface area contributed by atoms with E-state index in [9.17, 15) is 4.79 Å². The maximum absolute atomic E-state index is 12.3. The molecular weight excluding hydrogens is 260 g/mol. The minimum Gasteiger partial charge on any atom is -0.349 e. The summed E-state index contributed by atoms with van der Waals surface area (Å²) in [5, 5.41) is 6.47. The Morgan fingerprint density at radius 1 is 1.29 bits per heavy atom. The van der Waals surface area contributed by atoms with Crippen LogP contribution in [0.3, 0.4) is 0 Å². The summed E-state index contributed by atoms with van der Waals surface area (Å²) in [7, 11) is 0. The number of rotatable bonds is 3. The number of hydrogen-bond donors (Lipinski definition) is 2. The lowest BCUT2D eigenvalue weighted by molar-refractivity contribution is -0.125. The van der Waals surface area contributed by atoms with Gasteiger partial charge in [-0.1, -0.05) is 45.0 Å². The Hall–Kier alpha value is -1.35. The smallest absolute Gasteiger partial charge is 0.225 e. The van der Waals surface area contributed by atoms with Crippen LogP contribution < -0.4 is 10.6 Å². The number of hydrogen-bond acceptors (Lipinski definition) is 2. The van der Waals surface area contributed by atoms with E-state index >= 15 is 0 Å². The maximum atomic E-state index is 12.3. The average Bonchev–Trinajstić information content (AvgIpc) is 2.84. The van der Waals surface area contributed by atoms with Gasteiger partial charge in [0.25, 0.3) is 0 Å². The molecule has 1 aliphatic heterocycles. The summed E-state index contributed by atoms with van der Waals surface area (Å²) in [6.45, 7) is 11.7. The van der Waals surface area contributed by atoms with Crippen LogP contribution in [0, 0.1) is 5.92 Å². The van der Waals surface area contributed by atoms with Gasteiger partial charge in [-0.25, -0.2) is 0 Å².